The fourth-order valence-corrected chi connectivity index (χ4v) is 3.40. The summed E-state index contributed by atoms with van der Waals surface area (Å²) in [4.78, 5) is 0. The number of aromatic nitrogens is 2. The third-order valence-corrected chi connectivity index (χ3v) is 4.90. The van der Waals surface area contributed by atoms with Crippen LogP contribution in [0.3, 0.4) is 0 Å². The van der Waals surface area contributed by atoms with Crippen LogP contribution in [0.4, 0.5) is 13.2 Å². The number of halogens is 4. The van der Waals surface area contributed by atoms with E-state index in [0.29, 0.717) is 24.3 Å². The first-order valence-electron chi connectivity index (χ1n) is 7.22. The standard InChI is InChI=1S/C14H21ClF3N3/c1-3-10-12(15)11(21(2)20-10)8-13(19)6-4-9(5-7-13)14(16,17)18/h9H,3-8,19H2,1-2H3. The summed E-state index contributed by atoms with van der Waals surface area (Å²) in [7, 11) is 1.80. The molecule has 1 aliphatic rings. The first kappa shape index (κ1) is 16.6. The molecule has 0 aromatic carbocycles. The van der Waals surface area contributed by atoms with Crippen LogP contribution < -0.4 is 5.73 Å². The number of hydrogen-bond acceptors (Lipinski definition) is 2. The predicted octanol–water partition coefficient (Wildman–Crippen LogP) is 3.63. The van der Waals surface area contributed by atoms with E-state index in [9.17, 15) is 13.2 Å². The molecule has 1 aromatic heterocycles. The molecule has 1 saturated carbocycles. The molecule has 21 heavy (non-hydrogen) atoms. The Balaban J connectivity index is 2.09. The van der Waals surface area contributed by atoms with E-state index in [4.69, 9.17) is 17.3 Å². The van der Waals surface area contributed by atoms with Crippen LogP contribution in [-0.4, -0.2) is 21.5 Å². The van der Waals surface area contributed by atoms with Gasteiger partial charge in [-0.2, -0.15) is 18.3 Å². The summed E-state index contributed by atoms with van der Waals surface area (Å²) in [5, 5.41) is 4.93. The Morgan fingerprint density at radius 2 is 1.95 bits per heavy atom. The molecule has 0 spiro atoms. The van der Waals surface area contributed by atoms with Crippen LogP contribution >= 0.6 is 11.6 Å². The normalized spacial score (nSPS) is 27.1. The van der Waals surface area contributed by atoms with Crippen molar-refractivity contribution in [2.24, 2.45) is 18.7 Å². The van der Waals surface area contributed by atoms with E-state index in [-0.39, 0.29) is 12.8 Å². The Hall–Kier alpha value is -0.750. The molecule has 0 radical (unpaired) electrons. The van der Waals surface area contributed by atoms with Crippen molar-refractivity contribution in [1.82, 2.24) is 9.78 Å². The molecule has 2 rings (SSSR count). The van der Waals surface area contributed by atoms with E-state index in [2.05, 4.69) is 5.10 Å². The van der Waals surface area contributed by atoms with Crippen molar-refractivity contribution in [3.8, 4) is 0 Å². The molecule has 7 heteroatoms. The van der Waals surface area contributed by atoms with Crippen LogP contribution in [0, 0.1) is 5.92 Å². The van der Waals surface area contributed by atoms with Crippen molar-refractivity contribution >= 4 is 11.6 Å². The van der Waals surface area contributed by atoms with Gasteiger partial charge in [-0.1, -0.05) is 18.5 Å². The van der Waals surface area contributed by atoms with E-state index in [1.54, 1.807) is 11.7 Å². The van der Waals surface area contributed by atoms with Crippen LogP contribution in [0.1, 0.15) is 44.0 Å². The number of nitrogens with two attached hydrogens (primary N) is 1. The topological polar surface area (TPSA) is 43.8 Å². The molecule has 0 amide bonds. The highest BCUT2D eigenvalue weighted by atomic mass is 35.5. The highest BCUT2D eigenvalue weighted by molar-refractivity contribution is 6.31. The van der Waals surface area contributed by atoms with Crippen molar-refractivity contribution in [3.05, 3.63) is 16.4 Å². The van der Waals surface area contributed by atoms with Crippen molar-refractivity contribution in [2.45, 2.75) is 57.2 Å². The largest absolute Gasteiger partial charge is 0.391 e. The summed E-state index contributed by atoms with van der Waals surface area (Å²) in [5.74, 6) is -1.22. The van der Waals surface area contributed by atoms with Crippen LogP contribution in [-0.2, 0) is 19.9 Å². The van der Waals surface area contributed by atoms with Gasteiger partial charge in [0.25, 0.3) is 0 Å². The maximum Gasteiger partial charge on any atom is 0.391 e. The predicted molar refractivity (Wildman–Crippen MR) is 76.2 cm³/mol. The Morgan fingerprint density at radius 3 is 2.38 bits per heavy atom. The lowest BCUT2D eigenvalue weighted by Crippen LogP contribution is -2.47. The summed E-state index contributed by atoms with van der Waals surface area (Å²) in [6.45, 7) is 1.96. The Bertz CT molecular complexity index is 502. The molecule has 1 fully saturated rings. The smallest absolute Gasteiger partial charge is 0.325 e. The van der Waals surface area contributed by atoms with Gasteiger partial charge in [0.15, 0.2) is 0 Å². The highest BCUT2D eigenvalue weighted by Gasteiger charge is 2.44. The van der Waals surface area contributed by atoms with Gasteiger partial charge in [-0.25, -0.2) is 0 Å². The SMILES string of the molecule is CCc1nn(C)c(CC2(N)CCC(C(F)(F)F)CC2)c1Cl. The lowest BCUT2D eigenvalue weighted by molar-refractivity contribution is -0.184. The van der Waals surface area contributed by atoms with Crippen LogP contribution in [0.25, 0.3) is 0 Å². The van der Waals surface area contributed by atoms with Gasteiger partial charge in [-0.05, 0) is 32.1 Å². The summed E-state index contributed by atoms with van der Waals surface area (Å²) in [5.41, 5.74) is 7.33. The van der Waals surface area contributed by atoms with Crippen molar-refractivity contribution in [3.63, 3.8) is 0 Å². The first-order chi connectivity index (χ1) is 9.66. The van der Waals surface area contributed by atoms with Crippen LogP contribution in [0.5, 0.6) is 0 Å². The Labute approximate surface area is 127 Å². The summed E-state index contributed by atoms with van der Waals surface area (Å²) in [6.07, 6.45) is -2.01. The van der Waals surface area contributed by atoms with E-state index in [1.807, 2.05) is 6.92 Å². The first-order valence-corrected chi connectivity index (χ1v) is 7.60. The minimum atomic E-state index is -4.11. The number of alkyl halides is 3. The molecular formula is C14H21ClF3N3. The number of aryl methyl sites for hydroxylation is 2. The Morgan fingerprint density at radius 1 is 1.38 bits per heavy atom. The van der Waals surface area contributed by atoms with Crippen molar-refractivity contribution in [2.75, 3.05) is 0 Å². The lowest BCUT2D eigenvalue weighted by atomic mass is 9.74. The molecule has 0 atom stereocenters. The van der Waals surface area contributed by atoms with Crippen molar-refractivity contribution < 1.29 is 13.2 Å². The molecule has 0 unspecified atom stereocenters. The second-order valence-corrected chi connectivity index (χ2v) is 6.42. The number of nitrogens with zero attached hydrogens (tertiary/aromatic N) is 2. The van der Waals surface area contributed by atoms with E-state index in [0.717, 1.165) is 17.8 Å². The summed E-state index contributed by atoms with van der Waals surface area (Å²) < 4.78 is 39.9. The van der Waals surface area contributed by atoms with Gasteiger partial charge in [0.2, 0.25) is 0 Å². The van der Waals surface area contributed by atoms with Gasteiger partial charge < -0.3 is 5.73 Å². The molecule has 1 aliphatic carbocycles. The summed E-state index contributed by atoms with van der Waals surface area (Å²) >= 11 is 6.29. The highest BCUT2D eigenvalue weighted by Crippen LogP contribution is 2.41. The average Bonchev–Trinajstić information content (AvgIpc) is 2.65. The summed E-state index contributed by atoms with van der Waals surface area (Å²) in [6, 6.07) is 0. The zero-order valence-electron chi connectivity index (χ0n) is 12.3. The Kier molecular flexibility index (Phi) is 4.59. The molecule has 0 bridgehead atoms. The second-order valence-electron chi connectivity index (χ2n) is 6.04. The minimum absolute atomic E-state index is 0.0934. The number of rotatable bonds is 3. The average molecular weight is 324 g/mol. The van der Waals surface area contributed by atoms with Gasteiger partial charge in [-0.15, -0.1) is 0 Å². The molecule has 0 saturated heterocycles. The third-order valence-electron chi connectivity index (χ3n) is 4.47. The molecule has 1 heterocycles. The van der Waals surface area contributed by atoms with Gasteiger partial charge in [0, 0.05) is 19.0 Å². The molecule has 120 valence electrons. The third kappa shape index (κ3) is 3.54. The fraction of sp³-hybridized carbons (Fsp3) is 0.786. The maximum absolute atomic E-state index is 12.7. The van der Waals surface area contributed by atoms with Gasteiger partial charge in [-0.3, -0.25) is 4.68 Å². The lowest BCUT2D eigenvalue weighted by Gasteiger charge is -2.37. The van der Waals surface area contributed by atoms with Crippen LogP contribution in [0.15, 0.2) is 0 Å². The van der Waals surface area contributed by atoms with E-state index < -0.39 is 17.6 Å². The van der Waals surface area contributed by atoms with E-state index >= 15 is 0 Å². The molecular weight excluding hydrogens is 303 g/mol. The van der Waals surface area contributed by atoms with Gasteiger partial charge >= 0.3 is 6.18 Å². The zero-order valence-corrected chi connectivity index (χ0v) is 13.1. The molecule has 3 nitrogen and oxygen atoms in total. The second kappa shape index (κ2) is 5.80. The van der Waals surface area contributed by atoms with Crippen molar-refractivity contribution in [1.29, 1.82) is 0 Å². The monoisotopic (exact) mass is 323 g/mol. The van der Waals surface area contributed by atoms with Crippen LogP contribution in [0.2, 0.25) is 5.02 Å². The van der Waals surface area contributed by atoms with E-state index in [1.165, 1.54) is 0 Å². The maximum atomic E-state index is 12.7. The quantitative estimate of drug-likeness (QED) is 0.923. The van der Waals surface area contributed by atoms with Gasteiger partial charge in [0.05, 0.1) is 22.3 Å². The minimum Gasteiger partial charge on any atom is -0.325 e. The number of hydrogen-bond donors (Lipinski definition) is 1. The zero-order chi connectivity index (χ0) is 15.8. The molecule has 1 aromatic rings. The molecule has 2 N–H and O–H groups in total. The fourth-order valence-electron chi connectivity index (χ4n) is 3.04. The molecule has 0 aliphatic heterocycles. The van der Waals surface area contributed by atoms with Gasteiger partial charge in [0.1, 0.15) is 0 Å².